The minimum Gasteiger partial charge on any atom is -0.490 e. The Labute approximate surface area is 136 Å². The number of nitrogens with zero attached hydrogens (tertiary/aromatic N) is 1. The van der Waals surface area contributed by atoms with Crippen molar-refractivity contribution in [2.24, 2.45) is 0 Å². The van der Waals surface area contributed by atoms with Crippen molar-refractivity contribution in [1.82, 2.24) is 5.32 Å². The molecule has 0 aliphatic heterocycles. The Hall–Kier alpha value is -2.48. The van der Waals surface area contributed by atoms with E-state index in [-0.39, 0.29) is 18.6 Å². The second kappa shape index (κ2) is 8.84. The molecule has 0 heterocycles. The maximum absolute atomic E-state index is 11.6. The van der Waals surface area contributed by atoms with Gasteiger partial charge >= 0.3 is 0 Å². The van der Waals surface area contributed by atoms with Crippen LogP contribution < -0.4 is 14.8 Å². The smallest absolute Gasteiger partial charge is 0.244 e. The summed E-state index contributed by atoms with van der Waals surface area (Å²) in [6.45, 7) is 2.47. The Morgan fingerprint density at radius 1 is 1.43 bits per heavy atom. The molecule has 1 N–H and O–H groups in total. The minimum atomic E-state index is -0.305. The molecular weight excluding hydrogens is 292 g/mol. The van der Waals surface area contributed by atoms with E-state index in [1.54, 1.807) is 6.08 Å². The number of rotatable bonds is 7. The predicted molar refractivity (Wildman–Crippen MR) is 88.2 cm³/mol. The zero-order valence-corrected chi connectivity index (χ0v) is 13.4. The first kappa shape index (κ1) is 16.9. The number of hydrogen-bond acceptors (Lipinski definition) is 4. The van der Waals surface area contributed by atoms with Gasteiger partial charge < -0.3 is 14.8 Å². The van der Waals surface area contributed by atoms with Crippen LogP contribution in [0.4, 0.5) is 0 Å². The molecule has 0 spiro atoms. The molecule has 5 nitrogen and oxygen atoms in total. The lowest BCUT2D eigenvalue weighted by atomic mass is 10.1. The molecule has 2 rings (SSSR count). The first-order valence-corrected chi connectivity index (χ1v) is 8.00. The van der Waals surface area contributed by atoms with Gasteiger partial charge in [0, 0.05) is 11.6 Å². The lowest BCUT2D eigenvalue weighted by molar-refractivity contribution is -0.116. The van der Waals surface area contributed by atoms with Gasteiger partial charge in [0.05, 0.1) is 18.8 Å². The van der Waals surface area contributed by atoms with Gasteiger partial charge in [-0.3, -0.25) is 4.79 Å². The normalized spacial score (nSPS) is 14.6. The lowest BCUT2D eigenvalue weighted by Crippen LogP contribution is -2.20. The molecule has 1 fully saturated rings. The fourth-order valence-electron chi connectivity index (χ4n) is 2.58. The van der Waals surface area contributed by atoms with Crippen molar-refractivity contribution in [1.29, 1.82) is 5.26 Å². The van der Waals surface area contributed by atoms with E-state index < -0.39 is 0 Å². The van der Waals surface area contributed by atoms with Gasteiger partial charge in [0.2, 0.25) is 5.91 Å². The topological polar surface area (TPSA) is 71.3 Å². The highest BCUT2D eigenvalue weighted by molar-refractivity contribution is 5.92. The number of para-hydroxylation sites is 1. The van der Waals surface area contributed by atoms with Crippen molar-refractivity contribution >= 4 is 12.0 Å². The van der Waals surface area contributed by atoms with Gasteiger partial charge in [0.15, 0.2) is 11.5 Å². The number of hydrogen-bond donors (Lipinski definition) is 1. The van der Waals surface area contributed by atoms with Crippen LogP contribution in [0.3, 0.4) is 0 Å². The van der Waals surface area contributed by atoms with Crippen molar-refractivity contribution in [2.45, 2.75) is 38.7 Å². The Bertz CT molecular complexity index is 599. The van der Waals surface area contributed by atoms with Crippen molar-refractivity contribution in [3.8, 4) is 17.6 Å². The Morgan fingerprint density at radius 2 is 2.22 bits per heavy atom. The summed E-state index contributed by atoms with van der Waals surface area (Å²) >= 11 is 0. The standard InChI is InChI=1S/C18H22N2O3/c1-2-22-16-9-5-6-14(10-11-17(21)20-13-12-19)18(16)23-15-7-3-4-8-15/h5-6,9-11,15H,2-4,7-8,13H2,1H3,(H,20,21)/b11-10+. The third-order valence-corrected chi connectivity index (χ3v) is 3.65. The maximum Gasteiger partial charge on any atom is 0.244 e. The first-order valence-electron chi connectivity index (χ1n) is 8.00. The van der Waals surface area contributed by atoms with Gasteiger partial charge in [-0.2, -0.15) is 5.26 Å². The van der Waals surface area contributed by atoms with E-state index >= 15 is 0 Å². The van der Waals surface area contributed by atoms with Gasteiger partial charge in [-0.15, -0.1) is 0 Å². The highest BCUT2D eigenvalue weighted by Crippen LogP contribution is 2.35. The molecule has 0 radical (unpaired) electrons. The molecule has 0 aromatic heterocycles. The number of nitriles is 1. The highest BCUT2D eigenvalue weighted by atomic mass is 16.5. The van der Waals surface area contributed by atoms with Crippen LogP contribution in [0.5, 0.6) is 11.5 Å². The zero-order chi connectivity index (χ0) is 16.5. The zero-order valence-electron chi connectivity index (χ0n) is 13.4. The van der Waals surface area contributed by atoms with Crippen molar-refractivity contribution < 1.29 is 14.3 Å². The summed E-state index contributed by atoms with van der Waals surface area (Å²) in [4.78, 5) is 11.6. The average molecular weight is 314 g/mol. The van der Waals surface area contributed by atoms with Crippen LogP contribution >= 0.6 is 0 Å². The highest BCUT2D eigenvalue weighted by Gasteiger charge is 2.20. The fourth-order valence-corrected chi connectivity index (χ4v) is 2.58. The molecule has 1 aromatic rings. The molecule has 5 heteroatoms. The van der Waals surface area contributed by atoms with E-state index in [1.165, 1.54) is 18.9 Å². The molecule has 0 bridgehead atoms. The summed E-state index contributed by atoms with van der Waals surface area (Å²) in [5, 5.41) is 10.9. The number of nitrogens with one attached hydrogen (secondary N) is 1. The van der Waals surface area contributed by atoms with Crippen molar-refractivity contribution in [2.75, 3.05) is 13.2 Å². The summed E-state index contributed by atoms with van der Waals surface area (Å²) in [6.07, 6.45) is 7.77. The van der Waals surface area contributed by atoms with Gasteiger partial charge in [0.25, 0.3) is 0 Å². The summed E-state index contributed by atoms with van der Waals surface area (Å²) < 4.78 is 11.8. The Kier molecular flexibility index (Phi) is 6.49. The summed E-state index contributed by atoms with van der Waals surface area (Å²) in [5.74, 6) is 1.07. The summed E-state index contributed by atoms with van der Waals surface area (Å²) in [5.41, 5.74) is 0.801. The van der Waals surface area contributed by atoms with E-state index in [0.717, 1.165) is 18.4 Å². The quantitative estimate of drug-likeness (QED) is 0.620. The van der Waals surface area contributed by atoms with Crippen LogP contribution in [0.2, 0.25) is 0 Å². The number of ether oxygens (including phenoxy) is 2. The minimum absolute atomic E-state index is 0.00636. The fraction of sp³-hybridized carbons (Fsp3) is 0.444. The van der Waals surface area contributed by atoms with E-state index in [1.807, 2.05) is 31.2 Å². The van der Waals surface area contributed by atoms with Crippen molar-refractivity contribution in [3.05, 3.63) is 29.8 Å². The van der Waals surface area contributed by atoms with Crippen LogP contribution in [0.1, 0.15) is 38.2 Å². The molecule has 0 unspecified atom stereocenters. The predicted octanol–water partition coefficient (Wildman–Crippen LogP) is 3.06. The average Bonchev–Trinajstić information content (AvgIpc) is 3.06. The molecule has 0 saturated heterocycles. The second-order valence-electron chi connectivity index (χ2n) is 5.34. The molecule has 0 atom stereocenters. The van der Waals surface area contributed by atoms with Crippen LogP contribution in [-0.2, 0) is 4.79 Å². The van der Waals surface area contributed by atoms with E-state index in [9.17, 15) is 4.79 Å². The van der Waals surface area contributed by atoms with Crippen LogP contribution in [0, 0.1) is 11.3 Å². The van der Waals surface area contributed by atoms with Crippen LogP contribution in [-0.4, -0.2) is 25.2 Å². The number of benzene rings is 1. The number of amides is 1. The van der Waals surface area contributed by atoms with Gasteiger partial charge in [0.1, 0.15) is 6.54 Å². The van der Waals surface area contributed by atoms with E-state index in [2.05, 4.69) is 5.32 Å². The van der Waals surface area contributed by atoms with Crippen LogP contribution in [0.15, 0.2) is 24.3 Å². The molecule has 1 aromatic carbocycles. The molecule has 1 aliphatic rings. The van der Waals surface area contributed by atoms with Gasteiger partial charge in [-0.05, 0) is 44.7 Å². The second-order valence-corrected chi connectivity index (χ2v) is 5.34. The molecule has 1 aliphatic carbocycles. The van der Waals surface area contributed by atoms with E-state index in [0.29, 0.717) is 18.1 Å². The largest absolute Gasteiger partial charge is 0.490 e. The number of carbonyl (C=O) groups is 1. The monoisotopic (exact) mass is 314 g/mol. The molecule has 23 heavy (non-hydrogen) atoms. The first-order chi connectivity index (χ1) is 11.2. The third kappa shape index (κ3) is 5.03. The van der Waals surface area contributed by atoms with Crippen molar-refractivity contribution in [3.63, 3.8) is 0 Å². The molecule has 1 saturated carbocycles. The SMILES string of the molecule is CCOc1cccc(/C=C/C(=O)NCC#N)c1OC1CCCC1. The third-order valence-electron chi connectivity index (χ3n) is 3.65. The molecule has 1 amide bonds. The number of carbonyl (C=O) groups excluding carboxylic acids is 1. The molecule has 122 valence electrons. The maximum atomic E-state index is 11.6. The molecular formula is C18H22N2O3. The van der Waals surface area contributed by atoms with Crippen LogP contribution in [0.25, 0.3) is 6.08 Å². The summed E-state index contributed by atoms with van der Waals surface area (Å²) in [6, 6.07) is 7.51. The lowest BCUT2D eigenvalue weighted by Gasteiger charge is -2.18. The van der Waals surface area contributed by atoms with E-state index in [4.69, 9.17) is 14.7 Å². The Balaban J connectivity index is 2.19. The van der Waals surface area contributed by atoms with Gasteiger partial charge in [-0.1, -0.05) is 12.1 Å². The Morgan fingerprint density at radius 3 is 2.91 bits per heavy atom. The summed E-state index contributed by atoms with van der Waals surface area (Å²) in [7, 11) is 0. The van der Waals surface area contributed by atoms with Gasteiger partial charge in [-0.25, -0.2) is 0 Å².